The quantitative estimate of drug-likeness (QED) is 0.677. The van der Waals surface area contributed by atoms with Gasteiger partial charge in [-0.1, -0.05) is 0 Å². The molecule has 0 spiro atoms. The van der Waals surface area contributed by atoms with E-state index in [0.29, 0.717) is 19.4 Å². The molecule has 0 aliphatic carbocycles. The van der Waals surface area contributed by atoms with Crippen LogP contribution in [-0.4, -0.2) is 35.3 Å². The number of Topliss-reactive ketones (excluding diaryl/α,β-unsaturated/α-hetero) is 1. The monoisotopic (exact) mass is 225 g/mol. The first kappa shape index (κ1) is 12.9. The lowest BCUT2D eigenvalue weighted by molar-refractivity contribution is -0.119. The lowest BCUT2D eigenvalue weighted by Gasteiger charge is -2.09. The molecule has 0 aliphatic rings. The Morgan fingerprint density at radius 2 is 2.44 bits per heavy atom. The Kier molecular flexibility index (Phi) is 5.14. The molecule has 0 saturated heterocycles. The SMILES string of the molecule is COCCCC(N)C(=O)Cc1cnn(C)c1. The van der Waals surface area contributed by atoms with Gasteiger partial charge in [-0.2, -0.15) is 5.10 Å². The highest BCUT2D eigenvalue weighted by Crippen LogP contribution is 2.03. The van der Waals surface area contributed by atoms with E-state index in [9.17, 15) is 4.79 Å². The summed E-state index contributed by atoms with van der Waals surface area (Å²) in [7, 11) is 3.47. The molecule has 0 amide bonds. The van der Waals surface area contributed by atoms with Crippen LogP contribution < -0.4 is 5.73 Å². The highest BCUT2D eigenvalue weighted by molar-refractivity contribution is 5.85. The number of ether oxygens (including phenoxy) is 1. The second-order valence-corrected chi connectivity index (χ2v) is 3.91. The zero-order valence-electron chi connectivity index (χ0n) is 9.85. The van der Waals surface area contributed by atoms with Gasteiger partial charge in [0, 0.05) is 33.4 Å². The second-order valence-electron chi connectivity index (χ2n) is 3.91. The van der Waals surface area contributed by atoms with Crippen LogP contribution in [0.15, 0.2) is 12.4 Å². The number of nitrogens with zero attached hydrogens (tertiary/aromatic N) is 2. The summed E-state index contributed by atoms with van der Waals surface area (Å²) in [6, 6.07) is -0.393. The second kappa shape index (κ2) is 6.40. The van der Waals surface area contributed by atoms with Crippen molar-refractivity contribution in [2.75, 3.05) is 13.7 Å². The number of carbonyl (C=O) groups is 1. The number of methoxy groups -OCH3 is 1. The van der Waals surface area contributed by atoms with Crippen LogP contribution in [0, 0.1) is 0 Å². The Labute approximate surface area is 95.6 Å². The largest absolute Gasteiger partial charge is 0.385 e. The molecular formula is C11H19N3O2. The van der Waals surface area contributed by atoms with Crippen molar-refractivity contribution in [2.45, 2.75) is 25.3 Å². The van der Waals surface area contributed by atoms with Crippen LogP contribution in [0.1, 0.15) is 18.4 Å². The van der Waals surface area contributed by atoms with E-state index < -0.39 is 6.04 Å². The summed E-state index contributed by atoms with van der Waals surface area (Å²) in [5.41, 5.74) is 6.69. The van der Waals surface area contributed by atoms with Crippen molar-refractivity contribution in [2.24, 2.45) is 12.8 Å². The van der Waals surface area contributed by atoms with Crippen molar-refractivity contribution in [1.29, 1.82) is 0 Å². The van der Waals surface area contributed by atoms with Crippen LogP contribution in [0.2, 0.25) is 0 Å². The van der Waals surface area contributed by atoms with Crippen molar-refractivity contribution in [1.82, 2.24) is 9.78 Å². The normalized spacial score (nSPS) is 12.7. The fourth-order valence-electron chi connectivity index (χ4n) is 1.50. The van der Waals surface area contributed by atoms with Crippen molar-refractivity contribution in [3.63, 3.8) is 0 Å². The molecular weight excluding hydrogens is 206 g/mol. The Balaban J connectivity index is 2.34. The Hall–Kier alpha value is -1.20. The first-order valence-corrected chi connectivity index (χ1v) is 5.38. The van der Waals surface area contributed by atoms with E-state index >= 15 is 0 Å². The minimum atomic E-state index is -0.393. The number of aryl methyl sites for hydroxylation is 1. The van der Waals surface area contributed by atoms with Gasteiger partial charge in [0.05, 0.1) is 12.2 Å². The third-order valence-electron chi connectivity index (χ3n) is 2.41. The molecule has 1 aromatic heterocycles. The average molecular weight is 225 g/mol. The highest BCUT2D eigenvalue weighted by atomic mass is 16.5. The van der Waals surface area contributed by atoms with E-state index in [1.54, 1.807) is 18.0 Å². The predicted octanol–water partition coefficient (Wildman–Crippen LogP) is 0.286. The maximum absolute atomic E-state index is 11.7. The number of aromatic nitrogens is 2. The summed E-state index contributed by atoms with van der Waals surface area (Å²) in [5, 5.41) is 4.01. The fraction of sp³-hybridized carbons (Fsp3) is 0.636. The molecule has 16 heavy (non-hydrogen) atoms. The standard InChI is InChI=1S/C11H19N3O2/c1-14-8-9(7-13-14)6-11(15)10(12)4-3-5-16-2/h7-8,10H,3-6,12H2,1-2H3. The molecule has 1 aromatic rings. The molecule has 0 aliphatic heterocycles. The molecule has 5 heteroatoms. The number of rotatable bonds is 7. The first-order valence-electron chi connectivity index (χ1n) is 5.38. The molecule has 0 bridgehead atoms. The summed E-state index contributed by atoms with van der Waals surface area (Å²) in [6.45, 7) is 0.647. The third-order valence-corrected chi connectivity index (χ3v) is 2.41. The zero-order chi connectivity index (χ0) is 12.0. The van der Waals surface area contributed by atoms with Gasteiger partial charge in [-0.3, -0.25) is 9.48 Å². The molecule has 1 atom stereocenters. The van der Waals surface area contributed by atoms with Crippen LogP contribution in [0.4, 0.5) is 0 Å². The minimum Gasteiger partial charge on any atom is -0.385 e. The third kappa shape index (κ3) is 4.12. The summed E-state index contributed by atoms with van der Waals surface area (Å²) < 4.78 is 6.59. The van der Waals surface area contributed by atoms with Gasteiger partial charge in [0.1, 0.15) is 0 Å². The van der Waals surface area contributed by atoms with Gasteiger partial charge in [0.2, 0.25) is 0 Å². The van der Waals surface area contributed by atoms with E-state index in [1.165, 1.54) is 0 Å². The maximum Gasteiger partial charge on any atom is 0.153 e. The molecule has 1 rings (SSSR count). The summed E-state index contributed by atoms with van der Waals surface area (Å²) in [5.74, 6) is 0.0594. The Morgan fingerprint density at radius 3 is 3.00 bits per heavy atom. The Bertz CT molecular complexity index is 336. The van der Waals surface area contributed by atoms with Gasteiger partial charge in [0.25, 0.3) is 0 Å². The summed E-state index contributed by atoms with van der Waals surface area (Å²) in [6.07, 6.45) is 5.38. The van der Waals surface area contributed by atoms with Crippen molar-refractivity contribution < 1.29 is 9.53 Å². The van der Waals surface area contributed by atoms with Crippen LogP contribution in [0.5, 0.6) is 0 Å². The zero-order valence-corrected chi connectivity index (χ0v) is 9.85. The van der Waals surface area contributed by atoms with Gasteiger partial charge in [0.15, 0.2) is 5.78 Å². The van der Waals surface area contributed by atoms with Gasteiger partial charge in [-0.15, -0.1) is 0 Å². The molecule has 1 unspecified atom stereocenters. The summed E-state index contributed by atoms with van der Waals surface area (Å²) >= 11 is 0. The minimum absolute atomic E-state index is 0.0594. The first-order chi connectivity index (χ1) is 7.63. The lowest BCUT2D eigenvalue weighted by Crippen LogP contribution is -2.31. The number of nitrogens with two attached hydrogens (primary N) is 1. The van der Waals surface area contributed by atoms with Crippen molar-refractivity contribution in [3.05, 3.63) is 18.0 Å². The van der Waals surface area contributed by atoms with Gasteiger partial charge >= 0.3 is 0 Å². The number of carbonyl (C=O) groups excluding carboxylic acids is 1. The Morgan fingerprint density at radius 1 is 1.69 bits per heavy atom. The molecule has 0 aromatic carbocycles. The van der Waals surface area contributed by atoms with E-state index in [1.807, 2.05) is 13.2 Å². The van der Waals surface area contributed by atoms with Gasteiger partial charge < -0.3 is 10.5 Å². The molecule has 2 N–H and O–H groups in total. The molecule has 90 valence electrons. The topological polar surface area (TPSA) is 70.1 Å². The maximum atomic E-state index is 11.7. The molecule has 0 radical (unpaired) electrons. The van der Waals surface area contributed by atoms with E-state index in [2.05, 4.69) is 5.10 Å². The molecule has 5 nitrogen and oxygen atoms in total. The van der Waals surface area contributed by atoms with Crippen LogP contribution in [0.25, 0.3) is 0 Å². The number of hydrogen-bond donors (Lipinski definition) is 1. The molecule has 0 saturated carbocycles. The predicted molar refractivity (Wildman–Crippen MR) is 61.0 cm³/mol. The molecule has 0 fully saturated rings. The fourth-order valence-corrected chi connectivity index (χ4v) is 1.50. The van der Waals surface area contributed by atoms with E-state index in [-0.39, 0.29) is 5.78 Å². The summed E-state index contributed by atoms with van der Waals surface area (Å²) in [4.78, 5) is 11.7. The van der Waals surface area contributed by atoms with Crippen LogP contribution >= 0.6 is 0 Å². The van der Waals surface area contributed by atoms with Crippen LogP contribution in [-0.2, 0) is 23.0 Å². The molecule has 1 heterocycles. The highest BCUT2D eigenvalue weighted by Gasteiger charge is 2.14. The van der Waals surface area contributed by atoms with Crippen molar-refractivity contribution in [3.8, 4) is 0 Å². The van der Waals surface area contributed by atoms with E-state index in [0.717, 1.165) is 12.0 Å². The lowest BCUT2D eigenvalue weighted by atomic mass is 10.0. The van der Waals surface area contributed by atoms with Gasteiger partial charge in [-0.25, -0.2) is 0 Å². The van der Waals surface area contributed by atoms with Gasteiger partial charge in [-0.05, 0) is 18.4 Å². The van der Waals surface area contributed by atoms with Crippen molar-refractivity contribution >= 4 is 5.78 Å². The smallest absolute Gasteiger partial charge is 0.153 e. The van der Waals surface area contributed by atoms with E-state index in [4.69, 9.17) is 10.5 Å². The number of hydrogen-bond acceptors (Lipinski definition) is 4. The average Bonchev–Trinajstić information content (AvgIpc) is 2.64. The number of ketones is 1. The van der Waals surface area contributed by atoms with Crippen LogP contribution in [0.3, 0.4) is 0 Å².